The zero-order valence-corrected chi connectivity index (χ0v) is 15.0. The van der Waals surface area contributed by atoms with Crippen LogP contribution in [-0.2, 0) is 11.3 Å². The summed E-state index contributed by atoms with van der Waals surface area (Å²) >= 11 is 0. The van der Waals surface area contributed by atoms with Gasteiger partial charge in [-0.1, -0.05) is 49.6 Å². The van der Waals surface area contributed by atoms with E-state index in [1.54, 1.807) is 6.07 Å². The van der Waals surface area contributed by atoms with Gasteiger partial charge in [0.2, 0.25) is 5.91 Å². The van der Waals surface area contributed by atoms with Crippen LogP contribution in [0.4, 0.5) is 5.69 Å². The fourth-order valence-electron chi connectivity index (χ4n) is 3.47. The highest BCUT2D eigenvalue weighted by molar-refractivity contribution is 6.04. The highest BCUT2D eigenvalue weighted by Crippen LogP contribution is 2.26. The zero-order valence-electron chi connectivity index (χ0n) is 15.0. The van der Waals surface area contributed by atoms with Crippen molar-refractivity contribution in [1.29, 1.82) is 0 Å². The van der Waals surface area contributed by atoms with Crippen molar-refractivity contribution in [2.45, 2.75) is 45.1 Å². The lowest BCUT2D eigenvalue weighted by Crippen LogP contribution is -2.26. The third kappa shape index (κ3) is 5.45. The number of hydrogen-bond acceptors (Lipinski definition) is 2. The van der Waals surface area contributed by atoms with Crippen molar-refractivity contribution in [3.8, 4) is 0 Å². The number of carbonyl (C=O) groups excluding carboxylic acids is 2. The van der Waals surface area contributed by atoms with Gasteiger partial charge in [-0.05, 0) is 48.6 Å². The first-order valence-corrected chi connectivity index (χ1v) is 9.43. The molecular formula is C22H26N2O2. The van der Waals surface area contributed by atoms with Crippen molar-refractivity contribution < 1.29 is 9.59 Å². The highest BCUT2D eigenvalue weighted by atomic mass is 16.2. The van der Waals surface area contributed by atoms with Crippen molar-refractivity contribution in [3.63, 3.8) is 0 Å². The molecule has 4 heteroatoms. The molecule has 0 bridgehead atoms. The third-order valence-corrected chi connectivity index (χ3v) is 4.91. The summed E-state index contributed by atoms with van der Waals surface area (Å²) in [6, 6.07) is 16.8. The van der Waals surface area contributed by atoms with E-state index in [0.29, 0.717) is 24.4 Å². The number of amides is 2. The number of para-hydroxylation sites is 1. The van der Waals surface area contributed by atoms with Gasteiger partial charge in [0, 0.05) is 24.2 Å². The molecule has 0 atom stereocenters. The quantitative estimate of drug-likeness (QED) is 0.804. The number of benzene rings is 2. The van der Waals surface area contributed by atoms with Gasteiger partial charge in [0.1, 0.15) is 0 Å². The summed E-state index contributed by atoms with van der Waals surface area (Å²) in [5, 5.41) is 5.87. The van der Waals surface area contributed by atoms with Crippen LogP contribution in [0.3, 0.4) is 0 Å². The summed E-state index contributed by atoms with van der Waals surface area (Å²) < 4.78 is 0. The van der Waals surface area contributed by atoms with E-state index in [1.165, 1.54) is 32.1 Å². The molecule has 2 amide bonds. The van der Waals surface area contributed by atoms with Crippen LogP contribution in [0.2, 0.25) is 0 Å². The van der Waals surface area contributed by atoms with Gasteiger partial charge in [-0.2, -0.15) is 0 Å². The largest absolute Gasteiger partial charge is 0.352 e. The Morgan fingerprint density at radius 2 is 1.69 bits per heavy atom. The highest BCUT2D eigenvalue weighted by Gasteiger charge is 2.16. The maximum atomic E-state index is 12.4. The van der Waals surface area contributed by atoms with Crippen LogP contribution in [0.15, 0.2) is 54.6 Å². The maximum Gasteiger partial charge on any atom is 0.255 e. The van der Waals surface area contributed by atoms with Crippen LogP contribution >= 0.6 is 0 Å². The number of hydrogen-bond donors (Lipinski definition) is 2. The Balaban J connectivity index is 1.52. The molecule has 0 aliphatic heterocycles. The lowest BCUT2D eigenvalue weighted by atomic mass is 9.87. The van der Waals surface area contributed by atoms with E-state index in [2.05, 4.69) is 10.6 Å². The van der Waals surface area contributed by atoms with E-state index >= 15 is 0 Å². The van der Waals surface area contributed by atoms with Crippen molar-refractivity contribution >= 4 is 17.5 Å². The van der Waals surface area contributed by atoms with E-state index in [1.807, 2.05) is 48.5 Å². The van der Waals surface area contributed by atoms with E-state index in [4.69, 9.17) is 0 Å². The van der Waals surface area contributed by atoms with Gasteiger partial charge in [-0.3, -0.25) is 9.59 Å². The standard InChI is InChI=1S/C22H26N2O2/c25-21(15-17-8-3-1-4-9-17)23-16-18-10-7-11-19(14-18)22(26)24-20-12-5-2-6-13-20/h2,5-7,10-14,17H,1,3-4,8-9,15-16H2,(H,23,25)(H,24,26). The van der Waals surface area contributed by atoms with Gasteiger partial charge in [-0.25, -0.2) is 0 Å². The Kier molecular flexibility index (Phi) is 6.42. The summed E-state index contributed by atoms with van der Waals surface area (Å²) in [4.78, 5) is 24.5. The molecule has 0 heterocycles. The lowest BCUT2D eigenvalue weighted by Gasteiger charge is -2.20. The SMILES string of the molecule is O=C(CC1CCCCC1)NCc1cccc(C(=O)Nc2ccccc2)c1. The number of carbonyl (C=O) groups is 2. The number of rotatable bonds is 6. The van der Waals surface area contributed by atoms with Gasteiger partial charge in [0.15, 0.2) is 0 Å². The molecule has 3 rings (SSSR count). The Morgan fingerprint density at radius 3 is 2.46 bits per heavy atom. The van der Waals surface area contributed by atoms with E-state index in [-0.39, 0.29) is 11.8 Å². The molecule has 4 nitrogen and oxygen atoms in total. The fraction of sp³-hybridized carbons (Fsp3) is 0.364. The molecule has 0 unspecified atom stereocenters. The zero-order chi connectivity index (χ0) is 18.2. The minimum atomic E-state index is -0.147. The minimum absolute atomic E-state index is 0.107. The van der Waals surface area contributed by atoms with Crippen LogP contribution in [0.1, 0.15) is 54.4 Å². The summed E-state index contributed by atoms with van der Waals surface area (Å²) in [5.41, 5.74) is 2.29. The predicted octanol–water partition coefficient (Wildman–Crippen LogP) is 4.53. The molecule has 1 aliphatic carbocycles. The van der Waals surface area contributed by atoms with Gasteiger partial charge >= 0.3 is 0 Å². The maximum absolute atomic E-state index is 12.4. The van der Waals surface area contributed by atoms with Gasteiger partial charge < -0.3 is 10.6 Å². The first kappa shape index (κ1) is 18.2. The molecule has 0 spiro atoms. The van der Waals surface area contributed by atoms with Crippen molar-refractivity contribution in [2.24, 2.45) is 5.92 Å². The van der Waals surface area contributed by atoms with Crippen LogP contribution < -0.4 is 10.6 Å². The molecule has 136 valence electrons. The average molecular weight is 350 g/mol. The van der Waals surface area contributed by atoms with Crippen LogP contribution in [0, 0.1) is 5.92 Å². The second kappa shape index (κ2) is 9.18. The molecule has 2 aromatic carbocycles. The normalized spacial score (nSPS) is 14.6. The van der Waals surface area contributed by atoms with E-state index in [0.717, 1.165) is 11.3 Å². The summed E-state index contributed by atoms with van der Waals surface area (Å²) in [6.45, 7) is 0.456. The summed E-state index contributed by atoms with van der Waals surface area (Å²) in [5.74, 6) is 0.495. The minimum Gasteiger partial charge on any atom is -0.352 e. The van der Waals surface area contributed by atoms with Crippen LogP contribution in [-0.4, -0.2) is 11.8 Å². The Bertz CT molecular complexity index is 737. The number of nitrogens with one attached hydrogen (secondary N) is 2. The molecule has 0 saturated heterocycles. The smallest absolute Gasteiger partial charge is 0.255 e. The molecule has 0 aromatic heterocycles. The predicted molar refractivity (Wildman–Crippen MR) is 104 cm³/mol. The lowest BCUT2D eigenvalue weighted by molar-refractivity contribution is -0.122. The molecular weight excluding hydrogens is 324 g/mol. The topological polar surface area (TPSA) is 58.2 Å². The Labute approximate surface area is 155 Å². The monoisotopic (exact) mass is 350 g/mol. The van der Waals surface area contributed by atoms with Crippen LogP contribution in [0.5, 0.6) is 0 Å². The van der Waals surface area contributed by atoms with Crippen molar-refractivity contribution in [1.82, 2.24) is 5.32 Å². The van der Waals surface area contributed by atoms with Crippen molar-refractivity contribution in [2.75, 3.05) is 5.32 Å². The van der Waals surface area contributed by atoms with Crippen molar-refractivity contribution in [3.05, 3.63) is 65.7 Å². The van der Waals surface area contributed by atoms with Gasteiger partial charge in [0.05, 0.1) is 0 Å². The first-order chi connectivity index (χ1) is 12.7. The van der Waals surface area contributed by atoms with E-state index in [9.17, 15) is 9.59 Å². The third-order valence-electron chi connectivity index (χ3n) is 4.91. The second-order valence-electron chi connectivity index (χ2n) is 7.01. The molecule has 1 aliphatic rings. The fourth-order valence-corrected chi connectivity index (χ4v) is 3.47. The second-order valence-corrected chi connectivity index (χ2v) is 7.01. The number of anilines is 1. The molecule has 26 heavy (non-hydrogen) atoms. The summed E-state index contributed by atoms with van der Waals surface area (Å²) in [6.07, 6.45) is 6.75. The molecule has 0 radical (unpaired) electrons. The Hall–Kier alpha value is -2.62. The van der Waals surface area contributed by atoms with Crippen LogP contribution in [0.25, 0.3) is 0 Å². The Morgan fingerprint density at radius 1 is 0.923 bits per heavy atom. The molecule has 1 fully saturated rings. The average Bonchev–Trinajstić information content (AvgIpc) is 2.68. The van der Waals surface area contributed by atoms with Gasteiger partial charge in [-0.15, -0.1) is 0 Å². The molecule has 2 N–H and O–H groups in total. The molecule has 1 saturated carbocycles. The first-order valence-electron chi connectivity index (χ1n) is 9.43. The summed E-state index contributed by atoms with van der Waals surface area (Å²) in [7, 11) is 0. The van der Waals surface area contributed by atoms with E-state index < -0.39 is 0 Å². The van der Waals surface area contributed by atoms with Gasteiger partial charge in [0.25, 0.3) is 5.91 Å². The molecule has 2 aromatic rings.